The number of halogens is 1. The average molecular weight is 554 g/mol. The SMILES string of the molecule is COCCN(Cc1nc(C(=O)N2CCN(C/C=C/c3ccccc3)CC2)cs1)C(=O)Nc1cccc(Cl)c1. The second kappa shape index (κ2) is 14.1. The molecule has 0 bridgehead atoms. The molecule has 2 heterocycles. The Balaban J connectivity index is 1.29. The smallest absolute Gasteiger partial charge is 0.322 e. The van der Waals surface area contributed by atoms with Crippen LogP contribution in [0.2, 0.25) is 5.02 Å². The average Bonchev–Trinajstić information content (AvgIpc) is 3.40. The second-order valence-corrected chi connectivity index (χ2v) is 10.3. The molecule has 2 aromatic carbocycles. The summed E-state index contributed by atoms with van der Waals surface area (Å²) in [6.45, 7) is 4.84. The van der Waals surface area contributed by atoms with Crippen molar-refractivity contribution in [2.75, 3.05) is 58.3 Å². The Hall–Kier alpha value is -3.24. The molecule has 38 heavy (non-hydrogen) atoms. The molecular formula is C28H32ClN5O3S. The summed E-state index contributed by atoms with van der Waals surface area (Å²) in [5.41, 5.74) is 2.21. The molecule has 1 fully saturated rings. The minimum atomic E-state index is -0.287. The van der Waals surface area contributed by atoms with Crippen molar-refractivity contribution in [1.82, 2.24) is 19.7 Å². The third-order valence-electron chi connectivity index (χ3n) is 6.16. The number of rotatable bonds is 10. The number of aromatic nitrogens is 1. The first kappa shape index (κ1) is 27.8. The monoisotopic (exact) mass is 553 g/mol. The van der Waals surface area contributed by atoms with Gasteiger partial charge in [-0.2, -0.15) is 0 Å². The normalized spacial score (nSPS) is 14.1. The van der Waals surface area contributed by atoms with E-state index in [4.69, 9.17) is 16.3 Å². The van der Waals surface area contributed by atoms with Crippen molar-refractivity contribution in [1.29, 1.82) is 0 Å². The molecule has 0 atom stereocenters. The number of nitrogens with one attached hydrogen (secondary N) is 1. The Morgan fingerprint density at radius 3 is 2.66 bits per heavy atom. The zero-order chi connectivity index (χ0) is 26.7. The van der Waals surface area contributed by atoms with Gasteiger partial charge in [-0.15, -0.1) is 11.3 Å². The van der Waals surface area contributed by atoms with Crippen molar-refractivity contribution in [3.05, 3.63) is 87.3 Å². The molecule has 0 aliphatic carbocycles. The van der Waals surface area contributed by atoms with Crippen LogP contribution < -0.4 is 5.32 Å². The number of amides is 3. The standard InChI is InChI=1S/C28H32ClN5O3S/c1-37-18-17-34(28(36)30-24-11-5-10-23(29)19-24)20-26-31-25(21-38-26)27(35)33-15-13-32(14-16-33)12-6-9-22-7-3-2-4-8-22/h2-11,19,21H,12-18,20H2,1H3,(H,30,36)/b9-6+. The molecule has 1 aliphatic heterocycles. The zero-order valence-electron chi connectivity index (χ0n) is 21.4. The highest BCUT2D eigenvalue weighted by Gasteiger charge is 2.24. The summed E-state index contributed by atoms with van der Waals surface area (Å²) in [5.74, 6) is -0.0706. The van der Waals surface area contributed by atoms with E-state index in [0.29, 0.717) is 47.7 Å². The Bertz CT molecular complexity index is 1230. The molecule has 1 N–H and O–H groups in total. The summed E-state index contributed by atoms with van der Waals surface area (Å²) in [6.07, 6.45) is 4.29. The molecule has 0 saturated carbocycles. The highest BCUT2D eigenvalue weighted by molar-refractivity contribution is 7.09. The lowest BCUT2D eigenvalue weighted by Crippen LogP contribution is -2.48. The first-order chi connectivity index (χ1) is 18.5. The van der Waals surface area contributed by atoms with E-state index in [0.717, 1.165) is 19.6 Å². The van der Waals surface area contributed by atoms with Crippen LogP contribution >= 0.6 is 22.9 Å². The first-order valence-corrected chi connectivity index (χ1v) is 13.8. The van der Waals surface area contributed by atoms with Crippen molar-refractivity contribution in [2.45, 2.75) is 6.54 Å². The van der Waals surface area contributed by atoms with E-state index >= 15 is 0 Å². The largest absolute Gasteiger partial charge is 0.383 e. The van der Waals surface area contributed by atoms with E-state index in [2.05, 4.69) is 39.5 Å². The minimum absolute atomic E-state index is 0.0706. The Morgan fingerprint density at radius 1 is 1.13 bits per heavy atom. The summed E-state index contributed by atoms with van der Waals surface area (Å²) >= 11 is 7.41. The van der Waals surface area contributed by atoms with Crippen LogP contribution in [0.5, 0.6) is 0 Å². The van der Waals surface area contributed by atoms with Crippen LogP contribution in [0.4, 0.5) is 10.5 Å². The molecule has 200 valence electrons. The van der Waals surface area contributed by atoms with Crippen LogP contribution in [0.15, 0.2) is 66.1 Å². The molecule has 0 unspecified atom stereocenters. The number of urea groups is 1. The first-order valence-electron chi connectivity index (χ1n) is 12.5. The fraction of sp³-hybridized carbons (Fsp3) is 0.321. The van der Waals surface area contributed by atoms with Gasteiger partial charge in [0.1, 0.15) is 10.7 Å². The summed E-state index contributed by atoms with van der Waals surface area (Å²) in [6, 6.07) is 16.9. The minimum Gasteiger partial charge on any atom is -0.383 e. The number of methoxy groups -OCH3 is 1. The molecule has 0 radical (unpaired) electrons. The summed E-state index contributed by atoms with van der Waals surface area (Å²) < 4.78 is 5.18. The Labute approximate surface area is 232 Å². The lowest BCUT2D eigenvalue weighted by Gasteiger charge is -2.33. The summed E-state index contributed by atoms with van der Waals surface area (Å²) in [7, 11) is 1.59. The van der Waals surface area contributed by atoms with Gasteiger partial charge in [-0.3, -0.25) is 9.69 Å². The number of carbonyl (C=O) groups is 2. The fourth-order valence-electron chi connectivity index (χ4n) is 4.07. The topological polar surface area (TPSA) is 78.0 Å². The van der Waals surface area contributed by atoms with Crippen LogP contribution in [0.3, 0.4) is 0 Å². The fourth-order valence-corrected chi connectivity index (χ4v) is 5.04. The van der Waals surface area contributed by atoms with Gasteiger partial charge in [0, 0.05) is 62.5 Å². The van der Waals surface area contributed by atoms with Crippen LogP contribution in [0, 0.1) is 0 Å². The molecule has 1 aliphatic rings. The molecule has 1 aromatic heterocycles. The highest BCUT2D eigenvalue weighted by atomic mass is 35.5. The van der Waals surface area contributed by atoms with Crippen molar-refractivity contribution >= 4 is 46.6 Å². The quantitative estimate of drug-likeness (QED) is 0.384. The van der Waals surface area contributed by atoms with Crippen molar-refractivity contribution in [3.63, 3.8) is 0 Å². The van der Waals surface area contributed by atoms with Crippen molar-refractivity contribution in [2.24, 2.45) is 0 Å². The van der Waals surface area contributed by atoms with E-state index < -0.39 is 0 Å². The van der Waals surface area contributed by atoms with Crippen LogP contribution in [0.1, 0.15) is 21.1 Å². The highest BCUT2D eigenvalue weighted by Crippen LogP contribution is 2.18. The van der Waals surface area contributed by atoms with Gasteiger partial charge in [-0.1, -0.05) is 60.2 Å². The van der Waals surface area contributed by atoms with Gasteiger partial charge < -0.3 is 19.9 Å². The number of hydrogen-bond acceptors (Lipinski definition) is 6. The zero-order valence-corrected chi connectivity index (χ0v) is 23.0. The van der Waals surface area contributed by atoms with E-state index in [9.17, 15) is 9.59 Å². The lowest BCUT2D eigenvalue weighted by atomic mass is 10.2. The number of ether oxygens (including phenoxy) is 1. The maximum Gasteiger partial charge on any atom is 0.322 e. The molecule has 10 heteroatoms. The van der Waals surface area contributed by atoms with Crippen LogP contribution in [0.25, 0.3) is 6.08 Å². The molecule has 1 saturated heterocycles. The number of benzene rings is 2. The lowest BCUT2D eigenvalue weighted by molar-refractivity contribution is 0.0645. The second-order valence-electron chi connectivity index (χ2n) is 8.89. The Kier molecular flexibility index (Phi) is 10.3. The number of anilines is 1. The molecule has 3 aromatic rings. The molecule has 0 spiro atoms. The van der Waals surface area contributed by atoms with Gasteiger partial charge in [0.2, 0.25) is 0 Å². The van der Waals surface area contributed by atoms with Gasteiger partial charge in [0.25, 0.3) is 5.91 Å². The van der Waals surface area contributed by atoms with Gasteiger partial charge >= 0.3 is 6.03 Å². The Morgan fingerprint density at radius 2 is 1.92 bits per heavy atom. The van der Waals surface area contributed by atoms with Gasteiger partial charge in [-0.25, -0.2) is 9.78 Å². The third-order valence-corrected chi connectivity index (χ3v) is 7.23. The van der Waals surface area contributed by atoms with E-state index in [-0.39, 0.29) is 18.5 Å². The molecule has 3 amide bonds. The predicted octanol–water partition coefficient (Wildman–Crippen LogP) is 4.95. The van der Waals surface area contributed by atoms with Gasteiger partial charge in [0.05, 0.1) is 13.2 Å². The number of carbonyl (C=O) groups excluding carboxylic acids is 2. The summed E-state index contributed by atoms with van der Waals surface area (Å²) in [4.78, 5) is 36.4. The van der Waals surface area contributed by atoms with E-state index in [1.807, 2.05) is 23.1 Å². The van der Waals surface area contributed by atoms with Crippen molar-refractivity contribution < 1.29 is 14.3 Å². The number of piperazine rings is 1. The maximum absolute atomic E-state index is 13.1. The van der Waals surface area contributed by atoms with Gasteiger partial charge in [0.15, 0.2) is 0 Å². The summed E-state index contributed by atoms with van der Waals surface area (Å²) in [5, 5.41) is 5.86. The molecular weight excluding hydrogens is 522 g/mol. The number of hydrogen-bond donors (Lipinski definition) is 1. The predicted molar refractivity (Wildman–Crippen MR) is 153 cm³/mol. The number of thiazole rings is 1. The number of nitrogens with zero attached hydrogens (tertiary/aromatic N) is 4. The van der Waals surface area contributed by atoms with E-state index in [1.165, 1.54) is 16.9 Å². The van der Waals surface area contributed by atoms with Crippen LogP contribution in [-0.4, -0.2) is 84.6 Å². The third kappa shape index (κ3) is 8.13. The molecule has 4 rings (SSSR count). The molecule has 8 nitrogen and oxygen atoms in total. The van der Waals surface area contributed by atoms with Crippen LogP contribution in [-0.2, 0) is 11.3 Å². The van der Waals surface area contributed by atoms with Crippen molar-refractivity contribution in [3.8, 4) is 0 Å². The van der Waals surface area contributed by atoms with Gasteiger partial charge in [-0.05, 0) is 23.8 Å². The van der Waals surface area contributed by atoms with E-state index in [1.54, 1.807) is 41.7 Å². The maximum atomic E-state index is 13.1.